The molecule has 0 bridgehead atoms. The summed E-state index contributed by atoms with van der Waals surface area (Å²) in [7, 11) is 1.60. The Morgan fingerprint density at radius 1 is 1.21 bits per heavy atom. The first-order valence-corrected chi connectivity index (χ1v) is 10.0. The van der Waals surface area contributed by atoms with Crippen molar-refractivity contribution in [2.45, 2.75) is 20.4 Å². The average Bonchev–Trinajstić information content (AvgIpc) is 3.11. The Morgan fingerprint density at radius 3 is 2.69 bits per heavy atom. The number of nitrogens with one attached hydrogen (secondary N) is 1. The largest absolute Gasteiger partial charge is 0.497 e. The first-order chi connectivity index (χ1) is 14.0. The third kappa shape index (κ3) is 3.71. The van der Waals surface area contributed by atoms with E-state index in [-0.39, 0.29) is 17.2 Å². The minimum atomic E-state index is -0.398. The molecule has 1 N–H and O–H groups in total. The molecule has 0 saturated heterocycles. The van der Waals surface area contributed by atoms with Gasteiger partial charge in [0.1, 0.15) is 5.75 Å². The first kappa shape index (κ1) is 19.1. The van der Waals surface area contributed by atoms with Crippen molar-refractivity contribution in [2.24, 2.45) is 5.92 Å². The number of nitrogens with zero attached hydrogens (tertiary/aromatic N) is 3. The van der Waals surface area contributed by atoms with E-state index in [0.29, 0.717) is 22.4 Å². The molecule has 0 atom stereocenters. The molecule has 2 aromatic carbocycles. The van der Waals surface area contributed by atoms with Crippen molar-refractivity contribution in [3.63, 3.8) is 0 Å². The standard InChI is InChI=1S/C21H20N4O3S/c1-12(2)11-25-20(27)15-7-5-4-6-14(15)18(24-25)19(26)23-21-22-16-9-8-13(28-3)10-17(16)29-21/h4-10,12H,11H2,1-3H3,(H,22,23,26). The van der Waals surface area contributed by atoms with Gasteiger partial charge in [0, 0.05) is 11.9 Å². The summed E-state index contributed by atoms with van der Waals surface area (Å²) in [6.45, 7) is 4.43. The minimum Gasteiger partial charge on any atom is -0.497 e. The normalized spacial score (nSPS) is 11.3. The van der Waals surface area contributed by atoms with Crippen LogP contribution in [0.25, 0.3) is 21.0 Å². The number of methoxy groups -OCH3 is 1. The molecule has 0 spiro atoms. The molecule has 0 fully saturated rings. The summed E-state index contributed by atoms with van der Waals surface area (Å²) in [5.41, 5.74) is 0.782. The van der Waals surface area contributed by atoms with Crippen LogP contribution in [-0.2, 0) is 6.54 Å². The smallest absolute Gasteiger partial charge is 0.278 e. The van der Waals surface area contributed by atoms with Gasteiger partial charge in [-0.3, -0.25) is 14.9 Å². The zero-order chi connectivity index (χ0) is 20.5. The molecule has 0 aliphatic heterocycles. The molecular formula is C21H20N4O3S. The van der Waals surface area contributed by atoms with Crippen molar-refractivity contribution in [3.8, 4) is 5.75 Å². The highest BCUT2D eigenvalue weighted by Crippen LogP contribution is 2.29. The number of carbonyl (C=O) groups is 1. The summed E-state index contributed by atoms with van der Waals surface area (Å²) in [6.07, 6.45) is 0. The van der Waals surface area contributed by atoms with Gasteiger partial charge < -0.3 is 4.74 Å². The number of fused-ring (bicyclic) bond motifs is 2. The zero-order valence-electron chi connectivity index (χ0n) is 16.3. The van der Waals surface area contributed by atoms with Crippen LogP contribution in [0.15, 0.2) is 47.3 Å². The number of hydrogen-bond acceptors (Lipinski definition) is 6. The van der Waals surface area contributed by atoms with E-state index in [1.54, 1.807) is 31.4 Å². The SMILES string of the molecule is COc1ccc2nc(NC(=O)c3nn(CC(C)C)c(=O)c4ccccc34)sc2c1. The fraction of sp³-hybridized carbons (Fsp3) is 0.238. The highest BCUT2D eigenvalue weighted by molar-refractivity contribution is 7.22. The van der Waals surface area contributed by atoms with Crippen LogP contribution in [-0.4, -0.2) is 27.8 Å². The molecule has 7 nitrogen and oxygen atoms in total. The molecule has 0 saturated carbocycles. The molecule has 29 heavy (non-hydrogen) atoms. The quantitative estimate of drug-likeness (QED) is 0.541. The minimum absolute atomic E-state index is 0.196. The van der Waals surface area contributed by atoms with Crippen molar-refractivity contribution >= 4 is 43.4 Å². The fourth-order valence-corrected chi connectivity index (χ4v) is 4.00. The van der Waals surface area contributed by atoms with Crippen molar-refractivity contribution in [3.05, 3.63) is 58.5 Å². The highest BCUT2D eigenvalue weighted by atomic mass is 32.1. The Labute approximate surface area is 171 Å². The van der Waals surface area contributed by atoms with Crippen molar-refractivity contribution in [2.75, 3.05) is 12.4 Å². The zero-order valence-corrected chi connectivity index (χ0v) is 17.1. The Hall–Kier alpha value is -3.26. The van der Waals surface area contributed by atoms with E-state index < -0.39 is 5.91 Å². The lowest BCUT2D eigenvalue weighted by atomic mass is 10.1. The number of anilines is 1. The monoisotopic (exact) mass is 408 g/mol. The van der Waals surface area contributed by atoms with Crippen LogP contribution in [0, 0.1) is 5.92 Å². The summed E-state index contributed by atoms with van der Waals surface area (Å²) in [5.74, 6) is 0.550. The number of amides is 1. The van der Waals surface area contributed by atoms with Gasteiger partial charge in [0.15, 0.2) is 10.8 Å². The Balaban J connectivity index is 1.74. The number of ether oxygens (including phenoxy) is 1. The summed E-state index contributed by atoms with van der Waals surface area (Å²) < 4.78 is 7.51. The van der Waals surface area contributed by atoms with Crippen LogP contribution < -0.4 is 15.6 Å². The topological polar surface area (TPSA) is 86.1 Å². The average molecular weight is 408 g/mol. The van der Waals surface area contributed by atoms with Gasteiger partial charge >= 0.3 is 0 Å². The number of carbonyl (C=O) groups excluding carboxylic acids is 1. The van der Waals surface area contributed by atoms with E-state index in [1.165, 1.54) is 16.0 Å². The molecule has 0 radical (unpaired) electrons. The number of thiazole rings is 1. The molecule has 1 amide bonds. The van der Waals surface area contributed by atoms with Crippen LogP contribution >= 0.6 is 11.3 Å². The summed E-state index contributed by atoms with van der Waals surface area (Å²) in [4.78, 5) is 30.2. The van der Waals surface area contributed by atoms with Gasteiger partial charge in [-0.2, -0.15) is 5.10 Å². The van der Waals surface area contributed by atoms with Crippen LogP contribution in [0.5, 0.6) is 5.75 Å². The molecular weight excluding hydrogens is 388 g/mol. The van der Waals surface area contributed by atoms with Gasteiger partial charge in [0.25, 0.3) is 11.5 Å². The van der Waals surface area contributed by atoms with Crippen LogP contribution in [0.2, 0.25) is 0 Å². The van der Waals surface area contributed by atoms with Gasteiger partial charge in [-0.15, -0.1) is 0 Å². The summed E-state index contributed by atoms with van der Waals surface area (Å²) >= 11 is 1.35. The second-order valence-corrected chi connectivity index (χ2v) is 8.11. The number of rotatable bonds is 5. The maximum atomic E-state index is 13.0. The molecule has 8 heteroatoms. The van der Waals surface area contributed by atoms with Crippen molar-refractivity contribution < 1.29 is 9.53 Å². The Kier molecular flexibility index (Phi) is 5.02. The highest BCUT2D eigenvalue weighted by Gasteiger charge is 2.18. The maximum absolute atomic E-state index is 13.0. The van der Waals surface area contributed by atoms with Gasteiger partial charge in [-0.1, -0.05) is 43.4 Å². The lowest BCUT2D eigenvalue weighted by Crippen LogP contribution is -2.29. The van der Waals surface area contributed by atoms with Crippen molar-refractivity contribution in [1.29, 1.82) is 0 Å². The second kappa shape index (κ2) is 7.63. The van der Waals surface area contributed by atoms with Crippen LogP contribution in [0.1, 0.15) is 24.3 Å². The van der Waals surface area contributed by atoms with Gasteiger partial charge in [-0.05, 0) is 30.2 Å². The number of benzene rings is 2. The van der Waals surface area contributed by atoms with Gasteiger partial charge in [-0.25, -0.2) is 9.67 Å². The fourth-order valence-electron chi connectivity index (χ4n) is 3.11. The maximum Gasteiger partial charge on any atom is 0.278 e. The third-order valence-corrected chi connectivity index (χ3v) is 5.37. The molecule has 0 aliphatic carbocycles. The number of hydrogen-bond donors (Lipinski definition) is 1. The second-order valence-electron chi connectivity index (χ2n) is 7.08. The van der Waals surface area contributed by atoms with E-state index in [2.05, 4.69) is 15.4 Å². The summed E-state index contributed by atoms with van der Waals surface area (Å²) in [6, 6.07) is 12.6. The number of aromatic nitrogens is 3. The van der Waals surface area contributed by atoms with E-state index in [1.807, 2.05) is 32.0 Å². The molecule has 4 rings (SSSR count). The van der Waals surface area contributed by atoms with E-state index in [0.717, 1.165) is 16.0 Å². The summed E-state index contributed by atoms with van der Waals surface area (Å²) in [5, 5.41) is 8.66. The Bertz CT molecular complexity index is 1280. The van der Waals surface area contributed by atoms with Gasteiger partial charge in [0.05, 0.1) is 22.7 Å². The molecule has 2 heterocycles. The molecule has 0 unspecified atom stereocenters. The molecule has 2 aromatic heterocycles. The van der Waals surface area contributed by atoms with E-state index in [4.69, 9.17) is 4.74 Å². The Morgan fingerprint density at radius 2 is 1.97 bits per heavy atom. The van der Waals surface area contributed by atoms with Crippen LogP contribution in [0.4, 0.5) is 5.13 Å². The predicted molar refractivity (Wildman–Crippen MR) is 115 cm³/mol. The lowest BCUT2D eigenvalue weighted by molar-refractivity contribution is 0.102. The van der Waals surface area contributed by atoms with E-state index in [9.17, 15) is 9.59 Å². The molecule has 0 aliphatic rings. The predicted octanol–water partition coefficient (Wildman–Crippen LogP) is 3.92. The lowest BCUT2D eigenvalue weighted by Gasteiger charge is -2.12. The van der Waals surface area contributed by atoms with Crippen molar-refractivity contribution in [1.82, 2.24) is 14.8 Å². The van der Waals surface area contributed by atoms with E-state index >= 15 is 0 Å². The molecule has 4 aromatic rings. The van der Waals surface area contributed by atoms with Gasteiger partial charge in [0.2, 0.25) is 0 Å². The molecule has 148 valence electrons. The first-order valence-electron chi connectivity index (χ1n) is 9.22. The third-order valence-electron chi connectivity index (χ3n) is 4.44. The van der Waals surface area contributed by atoms with Crippen LogP contribution in [0.3, 0.4) is 0 Å².